The Morgan fingerprint density at radius 3 is 2.55 bits per heavy atom. The summed E-state index contributed by atoms with van der Waals surface area (Å²) in [5.74, 6) is 1.03. The second-order valence-electron chi connectivity index (χ2n) is 3.88. The Labute approximate surface area is 69.0 Å². The molecule has 2 rings (SSSR count). The number of likely N-dealkylation sites (tertiary alicyclic amines) is 1. The standard InChI is InChI=1S/C9H18N2/c1-2-6-11(5-1)8-10-7-9-3-4-9/h9-10H,1-8H2. The lowest BCUT2D eigenvalue weighted by molar-refractivity contribution is 0.307. The molecule has 2 aliphatic rings. The zero-order valence-electron chi connectivity index (χ0n) is 7.18. The first kappa shape index (κ1) is 7.56. The van der Waals surface area contributed by atoms with Crippen LogP contribution in [0.1, 0.15) is 25.7 Å². The molecular formula is C9H18N2. The van der Waals surface area contributed by atoms with Crippen molar-refractivity contribution in [1.29, 1.82) is 0 Å². The summed E-state index contributed by atoms with van der Waals surface area (Å²) in [5.41, 5.74) is 0. The first-order valence-corrected chi connectivity index (χ1v) is 4.88. The SMILES string of the molecule is C1CCN(CNCC2CC2)C1. The Morgan fingerprint density at radius 2 is 1.91 bits per heavy atom. The van der Waals surface area contributed by atoms with Crippen LogP contribution in [-0.4, -0.2) is 31.2 Å². The molecule has 0 unspecified atom stereocenters. The third-order valence-corrected chi connectivity index (χ3v) is 2.66. The third kappa shape index (κ3) is 2.46. The van der Waals surface area contributed by atoms with E-state index in [1.54, 1.807) is 0 Å². The van der Waals surface area contributed by atoms with Crippen LogP contribution in [0.5, 0.6) is 0 Å². The monoisotopic (exact) mass is 154 g/mol. The molecule has 0 spiro atoms. The Hall–Kier alpha value is -0.0800. The predicted octanol–water partition coefficient (Wildman–Crippen LogP) is 1.04. The third-order valence-electron chi connectivity index (χ3n) is 2.66. The van der Waals surface area contributed by atoms with E-state index in [1.807, 2.05) is 0 Å². The Balaban J connectivity index is 1.51. The lowest BCUT2D eigenvalue weighted by atomic mass is 10.4. The number of rotatable bonds is 4. The van der Waals surface area contributed by atoms with E-state index in [-0.39, 0.29) is 0 Å². The fraction of sp³-hybridized carbons (Fsp3) is 1.00. The highest BCUT2D eigenvalue weighted by Crippen LogP contribution is 2.27. The highest BCUT2D eigenvalue weighted by Gasteiger charge is 2.20. The molecule has 0 radical (unpaired) electrons. The van der Waals surface area contributed by atoms with Crippen molar-refractivity contribution >= 4 is 0 Å². The lowest BCUT2D eigenvalue weighted by Gasteiger charge is -2.14. The number of nitrogens with one attached hydrogen (secondary N) is 1. The van der Waals surface area contributed by atoms with Gasteiger partial charge in [0.15, 0.2) is 0 Å². The molecule has 2 heteroatoms. The van der Waals surface area contributed by atoms with Crippen LogP contribution in [-0.2, 0) is 0 Å². The smallest absolute Gasteiger partial charge is 0.0480 e. The summed E-state index contributed by atoms with van der Waals surface area (Å²) in [7, 11) is 0. The van der Waals surface area contributed by atoms with Gasteiger partial charge in [0.25, 0.3) is 0 Å². The molecule has 0 aromatic carbocycles. The van der Waals surface area contributed by atoms with Gasteiger partial charge >= 0.3 is 0 Å². The zero-order chi connectivity index (χ0) is 7.52. The first-order chi connectivity index (χ1) is 5.45. The van der Waals surface area contributed by atoms with Gasteiger partial charge in [-0.2, -0.15) is 0 Å². The topological polar surface area (TPSA) is 15.3 Å². The lowest BCUT2D eigenvalue weighted by Crippen LogP contribution is -2.32. The Morgan fingerprint density at radius 1 is 1.18 bits per heavy atom. The van der Waals surface area contributed by atoms with Gasteiger partial charge in [-0.05, 0) is 51.2 Å². The Kier molecular flexibility index (Phi) is 2.44. The molecule has 0 aromatic heterocycles. The maximum atomic E-state index is 3.52. The molecule has 1 aliphatic carbocycles. The molecular weight excluding hydrogens is 136 g/mol. The normalized spacial score (nSPS) is 26.2. The molecule has 64 valence electrons. The molecule has 0 amide bonds. The summed E-state index contributed by atoms with van der Waals surface area (Å²) in [4.78, 5) is 2.52. The van der Waals surface area contributed by atoms with Crippen LogP contribution in [0.4, 0.5) is 0 Å². The van der Waals surface area contributed by atoms with Crippen molar-refractivity contribution in [3.63, 3.8) is 0 Å². The molecule has 1 saturated heterocycles. The molecule has 2 fully saturated rings. The summed E-state index contributed by atoms with van der Waals surface area (Å²) in [6, 6.07) is 0. The van der Waals surface area contributed by atoms with E-state index in [0.717, 1.165) is 12.6 Å². The van der Waals surface area contributed by atoms with Crippen LogP contribution >= 0.6 is 0 Å². The number of hydrogen-bond donors (Lipinski definition) is 1. The fourth-order valence-electron chi connectivity index (χ4n) is 1.69. The first-order valence-electron chi connectivity index (χ1n) is 4.88. The molecule has 1 N–H and O–H groups in total. The van der Waals surface area contributed by atoms with E-state index in [9.17, 15) is 0 Å². The molecule has 0 atom stereocenters. The van der Waals surface area contributed by atoms with Crippen LogP contribution in [0.3, 0.4) is 0 Å². The van der Waals surface area contributed by atoms with E-state index < -0.39 is 0 Å². The van der Waals surface area contributed by atoms with E-state index in [1.165, 1.54) is 45.3 Å². The van der Waals surface area contributed by atoms with Crippen molar-refractivity contribution in [2.75, 3.05) is 26.3 Å². The van der Waals surface area contributed by atoms with Gasteiger partial charge in [0.05, 0.1) is 0 Å². The molecule has 0 bridgehead atoms. The van der Waals surface area contributed by atoms with E-state index in [0.29, 0.717) is 0 Å². The second-order valence-corrected chi connectivity index (χ2v) is 3.88. The quantitative estimate of drug-likeness (QED) is 0.651. The summed E-state index contributed by atoms with van der Waals surface area (Å²) >= 11 is 0. The van der Waals surface area contributed by atoms with Crippen LogP contribution in [0, 0.1) is 5.92 Å². The van der Waals surface area contributed by atoms with Gasteiger partial charge in [-0.3, -0.25) is 4.90 Å². The van der Waals surface area contributed by atoms with Crippen molar-refractivity contribution in [2.45, 2.75) is 25.7 Å². The van der Waals surface area contributed by atoms with Gasteiger partial charge in [0.2, 0.25) is 0 Å². The van der Waals surface area contributed by atoms with Crippen molar-refractivity contribution < 1.29 is 0 Å². The molecule has 2 nitrogen and oxygen atoms in total. The van der Waals surface area contributed by atoms with Crippen LogP contribution in [0.25, 0.3) is 0 Å². The molecule has 11 heavy (non-hydrogen) atoms. The van der Waals surface area contributed by atoms with Gasteiger partial charge in [-0.1, -0.05) is 0 Å². The van der Waals surface area contributed by atoms with Crippen LogP contribution < -0.4 is 5.32 Å². The van der Waals surface area contributed by atoms with Crippen molar-refractivity contribution in [3.05, 3.63) is 0 Å². The van der Waals surface area contributed by atoms with Gasteiger partial charge in [0.1, 0.15) is 0 Å². The van der Waals surface area contributed by atoms with Crippen molar-refractivity contribution in [3.8, 4) is 0 Å². The fourth-order valence-corrected chi connectivity index (χ4v) is 1.69. The summed E-state index contributed by atoms with van der Waals surface area (Å²) in [5, 5.41) is 3.52. The number of hydrogen-bond acceptors (Lipinski definition) is 2. The largest absolute Gasteiger partial charge is 0.304 e. The summed E-state index contributed by atoms with van der Waals surface area (Å²) < 4.78 is 0. The molecule has 1 heterocycles. The van der Waals surface area contributed by atoms with Crippen LogP contribution in [0.15, 0.2) is 0 Å². The average Bonchev–Trinajstić information content (AvgIpc) is 2.66. The molecule has 1 saturated carbocycles. The highest BCUT2D eigenvalue weighted by atomic mass is 15.2. The van der Waals surface area contributed by atoms with Crippen LogP contribution in [0.2, 0.25) is 0 Å². The second kappa shape index (κ2) is 3.55. The summed E-state index contributed by atoms with van der Waals surface area (Å²) in [6.07, 6.45) is 5.75. The minimum atomic E-state index is 1.03. The van der Waals surface area contributed by atoms with E-state index in [2.05, 4.69) is 10.2 Å². The zero-order valence-corrected chi connectivity index (χ0v) is 7.18. The van der Waals surface area contributed by atoms with E-state index >= 15 is 0 Å². The van der Waals surface area contributed by atoms with E-state index in [4.69, 9.17) is 0 Å². The Bertz CT molecular complexity index is 115. The maximum absolute atomic E-state index is 3.52. The van der Waals surface area contributed by atoms with Gasteiger partial charge in [-0.25, -0.2) is 0 Å². The van der Waals surface area contributed by atoms with Crippen molar-refractivity contribution in [1.82, 2.24) is 10.2 Å². The summed E-state index contributed by atoms with van der Waals surface area (Å²) in [6.45, 7) is 5.03. The molecule has 1 aliphatic heterocycles. The minimum Gasteiger partial charge on any atom is -0.304 e. The molecule has 0 aromatic rings. The highest BCUT2D eigenvalue weighted by molar-refractivity contribution is 4.75. The minimum absolute atomic E-state index is 1.03. The van der Waals surface area contributed by atoms with Gasteiger partial charge in [0, 0.05) is 6.67 Å². The van der Waals surface area contributed by atoms with Gasteiger partial charge < -0.3 is 5.32 Å². The van der Waals surface area contributed by atoms with Gasteiger partial charge in [-0.15, -0.1) is 0 Å². The van der Waals surface area contributed by atoms with Crippen molar-refractivity contribution in [2.24, 2.45) is 5.92 Å². The average molecular weight is 154 g/mol. The predicted molar refractivity (Wildman–Crippen MR) is 46.4 cm³/mol. The maximum Gasteiger partial charge on any atom is 0.0480 e. The number of nitrogens with zero attached hydrogens (tertiary/aromatic N) is 1.